The summed E-state index contributed by atoms with van der Waals surface area (Å²) in [6.45, 7) is 17.7. The normalized spacial score (nSPS) is 23.2. The van der Waals surface area contributed by atoms with Crippen LogP contribution < -0.4 is 15.4 Å². The van der Waals surface area contributed by atoms with E-state index in [2.05, 4.69) is 22.2 Å². The predicted molar refractivity (Wildman–Crippen MR) is 265 cm³/mol. The molecule has 3 aliphatic heterocycles. The summed E-state index contributed by atoms with van der Waals surface area (Å²) in [4.78, 5) is 148. The van der Waals surface area contributed by atoms with Crippen molar-refractivity contribution in [1.29, 1.82) is 0 Å². The Balaban J connectivity index is 1.87. The molecule has 1 aromatic carbocycles. The Bertz CT molecular complexity index is 2370. The van der Waals surface area contributed by atoms with Crippen molar-refractivity contribution in [3.05, 3.63) is 53.4 Å². The van der Waals surface area contributed by atoms with Crippen LogP contribution in [0.2, 0.25) is 0 Å². The van der Waals surface area contributed by atoms with E-state index in [9.17, 15) is 53.1 Å². The summed E-state index contributed by atoms with van der Waals surface area (Å²) in [5.74, 6) is -10.1. The first-order chi connectivity index (χ1) is 34.2. The maximum atomic E-state index is 14.8. The van der Waals surface area contributed by atoms with Crippen molar-refractivity contribution < 1.29 is 67.3 Å². The summed E-state index contributed by atoms with van der Waals surface area (Å²) < 4.78 is 16.7. The molecule has 1 aromatic rings. The van der Waals surface area contributed by atoms with E-state index in [1.807, 2.05) is 13.8 Å². The number of allylic oxidation sites excluding steroid dienone is 1. The van der Waals surface area contributed by atoms with E-state index in [0.717, 1.165) is 21.6 Å². The number of fused-ring (bicyclic) bond motifs is 1. The minimum absolute atomic E-state index is 0.00516. The van der Waals surface area contributed by atoms with Gasteiger partial charge in [-0.15, -0.1) is 0 Å². The highest BCUT2D eigenvalue weighted by atomic mass is 16.6. The van der Waals surface area contributed by atoms with E-state index in [0.29, 0.717) is 24.2 Å². The number of cyclic esters (lactones) is 2. The second-order valence-corrected chi connectivity index (χ2v) is 20.2. The minimum atomic E-state index is -1.79. The Morgan fingerprint density at radius 2 is 1.60 bits per heavy atom. The Morgan fingerprint density at radius 3 is 2.21 bits per heavy atom. The monoisotopic (exact) mass is 1020 g/mol. The number of esters is 2. The SMILES string of the molecule is C=C1OC(=O)CN(Cc2cccc(OC)c2)C(=O)[C@@H]2CCCN2C(=O)[C@H](CC(C)C)NC(=O)[C@H](C(C)C)OC(=O)C[C@H](O)C(=C(C)C)NC(=O)/C1=N\C(=O)[C@@H](CC(C)C)N(C)C(=O)[C@@H]1CCCN1C(=O)C(C)=O. The Kier molecular flexibility index (Phi) is 21.2. The second kappa shape index (κ2) is 26.3. The number of ether oxygens (including phenoxy) is 3. The molecule has 0 spiro atoms. The maximum Gasteiger partial charge on any atom is 0.331 e. The lowest BCUT2D eigenvalue weighted by molar-refractivity contribution is -0.161. The number of ketones is 1. The van der Waals surface area contributed by atoms with E-state index in [-0.39, 0.29) is 68.4 Å². The number of carbonyl (C=O) groups is 10. The lowest BCUT2D eigenvalue weighted by atomic mass is 10.00. The van der Waals surface area contributed by atoms with Crippen molar-refractivity contribution in [3.63, 3.8) is 0 Å². The molecule has 6 atom stereocenters. The third kappa shape index (κ3) is 15.6. The summed E-state index contributed by atoms with van der Waals surface area (Å²) in [7, 11) is 2.79. The molecule has 0 bridgehead atoms. The van der Waals surface area contributed by atoms with Crippen LogP contribution in [-0.4, -0.2) is 160 Å². The van der Waals surface area contributed by atoms with Crippen LogP contribution in [0.15, 0.2) is 52.9 Å². The maximum absolute atomic E-state index is 14.8. The lowest BCUT2D eigenvalue weighted by Gasteiger charge is -2.33. The molecule has 4 rings (SSSR count). The zero-order valence-corrected chi connectivity index (χ0v) is 44.0. The molecule has 400 valence electrons. The first kappa shape index (κ1) is 58.8. The van der Waals surface area contributed by atoms with Gasteiger partial charge in [0.05, 0.1) is 13.5 Å². The number of aliphatic hydroxyl groups is 1. The van der Waals surface area contributed by atoms with Crippen molar-refractivity contribution in [2.24, 2.45) is 22.7 Å². The van der Waals surface area contributed by atoms with Gasteiger partial charge in [-0.05, 0) is 87.8 Å². The number of hydrogen-bond acceptors (Lipinski definition) is 14. The number of hydrogen-bond donors (Lipinski definition) is 3. The number of nitrogens with one attached hydrogen (secondary N) is 2. The lowest BCUT2D eigenvalue weighted by Crippen LogP contribution is -2.56. The van der Waals surface area contributed by atoms with Gasteiger partial charge < -0.3 is 49.6 Å². The van der Waals surface area contributed by atoms with E-state index < -0.39 is 126 Å². The van der Waals surface area contributed by atoms with E-state index >= 15 is 0 Å². The van der Waals surface area contributed by atoms with Gasteiger partial charge in [-0.3, -0.25) is 43.2 Å². The van der Waals surface area contributed by atoms with E-state index in [1.54, 1.807) is 52.0 Å². The Hall–Kier alpha value is -6.77. The third-order valence-corrected chi connectivity index (χ3v) is 12.7. The highest BCUT2D eigenvalue weighted by Gasteiger charge is 2.43. The third-order valence-electron chi connectivity index (χ3n) is 12.7. The Labute approximate surface area is 427 Å². The topological polar surface area (TPSA) is 268 Å². The summed E-state index contributed by atoms with van der Waals surface area (Å²) in [6.07, 6.45) is -2.64. The van der Waals surface area contributed by atoms with Crippen LogP contribution in [0.1, 0.15) is 113 Å². The molecule has 7 amide bonds. The molecule has 0 saturated carbocycles. The number of aliphatic hydroxyl groups excluding tert-OH is 1. The zero-order valence-electron chi connectivity index (χ0n) is 44.0. The van der Waals surface area contributed by atoms with Gasteiger partial charge in [0.15, 0.2) is 17.6 Å². The molecule has 3 N–H and O–H groups in total. The average Bonchev–Trinajstić information content (AvgIpc) is 4.02. The van der Waals surface area contributed by atoms with Crippen molar-refractivity contribution in [1.82, 2.24) is 30.2 Å². The number of likely N-dealkylation sites (tertiary alicyclic amines) is 1. The number of amides is 7. The van der Waals surface area contributed by atoms with E-state index in [4.69, 9.17) is 14.2 Å². The van der Waals surface area contributed by atoms with Crippen LogP contribution in [0.4, 0.5) is 0 Å². The van der Waals surface area contributed by atoms with Gasteiger partial charge in [-0.25, -0.2) is 9.79 Å². The number of carbonyl (C=O) groups excluding carboxylic acids is 10. The van der Waals surface area contributed by atoms with Gasteiger partial charge in [0.2, 0.25) is 23.5 Å². The Morgan fingerprint density at radius 1 is 0.932 bits per heavy atom. The van der Waals surface area contributed by atoms with Gasteiger partial charge in [-0.1, -0.05) is 65.8 Å². The molecule has 0 radical (unpaired) electrons. The summed E-state index contributed by atoms with van der Waals surface area (Å²) in [6, 6.07) is 2.01. The number of likely N-dealkylation sites (N-methyl/N-ethyl adjacent to an activating group) is 1. The highest BCUT2D eigenvalue weighted by Crippen LogP contribution is 2.26. The first-order valence-electron chi connectivity index (χ1n) is 24.7. The first-order valence-corrected chi connectivity index (χ1v) is 24.7. The van der Waals surface area contributed by atoms with Crippen LogP contribution in [-0.2, 0) is 64.0 Å². The van der Waals surface area contributed by atoms with Crippen LogP contribution >= 0.6 is 0 Å². The molecular formula is C52H73N7O14. The molecule has 0 aliphatic carbocycles. The fourth-order valence-corrected chi connectivity index (χ4v) is 9.04. The molecule has 21 nitrogen and oxygen atoms in total. The summed E-state index contributed by atoms with van der Waals surface area (Å²) in [5, 5.41) is 16.7. The van der Waals surface area contributed by atoms with Gasteiger partial charge in [0.1, 0.15) is 42.6 Å². The van der Waals surface area contributed by atoms with Crippen LogP contribution in [0.25, 0.3) is 0 Å². The number of Topliss-reactive ketones (excluding diaryl/α,β-unsaturated/α-hetero) is 1. The molecule has 3 fully saturated rings. The molecular weight excluding hydrogens is 947 g/mol. The summed E-state index contributed by atoms with van der Waals surface area (Å²) >= 11 is 0. The quantitative estimate of drug-likeness (QED) is 0.201. The summed E-state index contributed by atoms with van der Waals surface area (Å²) in [5.41, 5.74) is -0.336. The van der Waals surface area contributed by atoms with Gasteiger partial charge in [-0.2, -0.15) is 0 Å². The molecule has 3 saturated heterocycles. The van der Waals surface area contributed by atoms with Crippen molar-refractivity contribution in [2.75, 3.05) is 33.8 Å². The van der Waals surface area contributed by atoms with E-state index in [1.165, 1.54) is 32.9 Å². The van der Waals surface area contributed by atoms with Crippen molar-refractivity contribution in [3.8, 4) is 5.75 Å². The molecule has 21 heteroatoms. The largest absolute Gasteiger partial charge is 0.497 e. The number of rotatable bonds is 12. The van der Waals surface area contributed by atoms with Crippen molar-refractivity contribution >= 4 is 64.8 Å². The van der Waals surface area contributed by atoms with Gasteiger partial charge in [0.25, 0.3) is 23.6 Å². The second-order valence-electron chi connectivity index (χ2n) is 20.2. The smallest absolute Gasteiger partial charge is 0.331 e. The van der Waals surface area contributed by atoms with Gasteiger partial charge in [0, 0.05) is 39.3 Å². The molecule has 0 aromatic heterocycles. The number of nitrogens with zero attached hydrogens (tertiary/aromatic N) is 5. The molecule has 3 aliphatic rings. The minimum Gasteiger partial charge on any atom is -0.497 e. The standard InChI is InChI=1S/C52H73N7O14/c1-28(2)22-36-50(68)59-21-15-19-38(59)52(70)57(26-34-16-13-17-35(24-34)71-12)27-42(63)72-33(10)44(47(65)54-43(30(5)6)40(61)25-41(62)73-45(31(7)8)48(66)53-36)55-46(64)39(23-29(3)4)56(11)51(69)37-18-14-20-58(37)49(67)32(9)60/h13,16-17,24,28-29,31,36-40,45,61H,10,14-15,18-23,25-27H2,1-9,11-12H3,(H,53,66)(H,54,65)/b55-44-/t36-,37-,38-,39+,40-,45-/m0/s1. The average molecular weight is 1020 g/mol. The van der Waals surface area contributed by atoms with Crippen LogP contribution in [0.5, 0.6) is 5.75 Å². The van der Waals surface area contributed by atoms with Crippen LogP contribution in [0.3, 0.4) is 0 Å². The molecule has 0 unspecified atom stereocenters. The van der Waals surface area contributed by atoms with Crippen molar-refractivity contribution in [2.45, 2.75) is 150 Å². The molecule has 3 heterocycles. The van der Waals surface area contributed by atoms with Gasteiger partial charge >= 0.3 is 11.9 Å². The fourth-order valence-electron chi connectivity index (χ4n) is 9.04. The number of benzene rings is 1. The predicted octanol–water partition coefficient (Wildman–Crippen LogP) is 2.77. The molecule has 73 heavy (non-hydrogen) atoms. The number of methoxy groups -OCH3 is 1. The zero-order chi connectivity index (χ0) is 54.6. The fraction of sp³-hybridized carbons (Fsp3) is 0.596. The number of aliphatic imine (C=N–C) groups is 1. The van der Waals surface area contributed by atoms with Crippen LogP contribution in [0, 0.1) is 17.8 Å². The highest BCUT2D eigenvalue weighted by molar-refractivity contribution is 6.46.